The van der Waals surface area contributed by atoms with Crippen LogP contribution < -0.4 is 5.46 Å². The Labute approximate surface area is 254 Å². The smallest absolute Gasteiger partial charge is 0.399 e. The minimum atomic E-state index is -0.360. The maximum atomic E-state index is 10.6. The highest BCUT2D eigenvalue weighted by Crippen LogP contribution is 2.36. The molecule has 0 spiro atoms. The van der Waals surface area contributed by atoms with Crippen molar-refractivity contribution in [1.82, 2.24) is 30.0 Å². The fraction of sp³-hybridized carbons (Fsp3) is 0.400. The van der Waals surface area contributed by atoms with Crippen molar-refractivity contribution >= 4 is 41.1 Å². The van der Waals surface area contributed by atoms with Gasteiger partial charge in [-0.2, -0.15) is 24.9 Å². The van der Waals surface area contributed by atoms with E-state index in [0.717, 1.165) is 33.9 Å². The molecule has 0 amide bonds. The van der Waals surface area contributed by atoms with Gasteiger partial charge in [0.05, 0.1) is 35.7 Å². The average molecular weight is 633 g/mol. The topological polar surface area (TPSA) is 114 Å². The summed E-state index contributed by atoms with van der Waals surface area (Å²) in [6, 6.07) is 15.7. The predicted octanol–water partition coefficient (Wildman–Crippen LogP) is 5.27. The van der Waals surface area contributed by atoms with Gasteiger partial charge in [0, 0.05) is 16.7 Å². The maximum absolute atomic E-state index is 10.6. The van der Waals surface area contributed by atoms with E-state index in [0.29, 0.717) is 23.2 Å². The molecular formula is C30H34BBrN6O4. The predicted molar refractivity (Wildman–Crippen MR) is 163 cm³/mol. The summed E-state index contributed by atoms with van der Waals surface area (Å²) in [6.07, 6.45) is 9.99. The number of carbonyl (C=O) groups is 2. The highest BCUT2D eigenvalue weighted by molar-refractivity contribution is 9.10. The highest BCUT2D eigenvalue weighted by Gasteiger charge is 2.51. The average Bonchev–Trinajstić information content (AvgIpc) is 3.91. The van der Waals surface area contributed by atoms with Gasteiger partial charge in [-0.05, 0) is 74.8 Å². The van der Waals surface area contributed by atoms with Crippen molar-refractivity contribution in [2.24, 2.45) is 0 Å². The van der Waals surface area contributed by atoms with E-state index in [1.807, 2.05) is 52.0 Å². The summed E-state index contributed by atoms with van der Waals surface area (Å²) in [6.45, 7) is 8.08. The monoisotopic (exact) mass is 632 g/mol. The van der Waals surface area contributed by atoms with Crippen LogP contribution in [0.15, 0.2) is 65.5 Å². The first-order valence-corrected chi connectivity index (χ1v) is 14.8. The van der Waals surface area contributed by atoms with Crippen LogP contribution in [-0.2, 0) is 9.31 Å². The van der Waals surface area contributed by atoms with E-state index in [1.54, 1.807) is 46.3 Å². The van der Waals surface area contributed by atoms with Crippen LogP contribution in [0.25, 0.3) is 11.3 Å². The Balaban J connectivity index is 0.000000132. The largest absolute Gasteiger partial charge is 0.494 e. The molecule has 2 aliphatic carbocycles. The highest BCUT2D eigenvalue weighted by atomic mass is 79.9. The van der Waals surface area contributed by atoms with E-state index < -0.39 is 0 Å². The number of nitrogens with zero attached hydrogens (tertiary/aromatic N) is 6. The molecule has 42 heavy (non-hydrogen) atoms. The molecule has 0 unspecified atom stereocenters. The third-order valence-electron chi connectivity index (χ3n) is 7.68. The Bertz CT molecular complexity index is 1500. The molecule has 0 atom stereocenters. The van der Waals surface area contributed by atoms with E-state index in [2.05, 4.69) is 36.3 Å². The quantitative estimate of drug-likeness (QED) is 0.209. The third-order valence-corrected chi connectivity index (χ3v) is 8.04. The Morgan fingerprint density at radius 3 is 1.69 bits per heavy atom. The molecule has 3 fully saturated rings. The van der Waals surface area contributed by atoms with Crippen LogP contribution in [-0.4, -0.2) is 60.9 Å². The van der Waals surface area contributed by atoms with Gasteiger partial charge >= 0.3 is 7.12 Å². The van der Waals surface area contributed by atoms with Crippen molar-refractivity contribution in [2.75, 3.05) is 0 Å². The van der Waals surface area contributed by atoms with E-state index in [1.165, 1.54) is 25.7 Å². The van der Waals surface area contributed by atoms with Crippen LogP contribution in [0.5, 0.6) is 0 Å². The second-order valence-electron chi connectivity index (χ2n) is 11.6. The summed E-state index contributed by atoms with van der Waals surface area (Å²) in [4.78, 5) is 24.7. The summed E-state index contributed by atoms with van der Waals surface area (Å²) >= 11 is 3.23. The minimum Gasteiger partial charge on any atom is -0.399 e. The lowest BCUT2D eigenvalue weighted by atomic mass is 9.79. The number of halogens is 1. The van der Waals surface area contributed by atoms with Gasteiger partial charge in [-0.15, -0.1) is 5.10 Å². The first-order valence-electron chi connectivity index (χ1n) is 14.0. The van der Waals surface area contributed by atoms with Crippen LogP contribution >= 0.6 is 15.9 Å². The van der Waals surface area contributed by atoms with Crippen molar-refractivity contribution in [3.8, 4) is 11.3 Å². The zero-order valence-corrected chi connectivity index (χ0v) is 25.8. The zero-order valence-electron chi connectivity index (χ0n) is 24.2. The molecule has 2 aromatic heterocycles. The Morgan fingerprint density at radius 2 is 1.24 bits per heavy atom. The molecule has 2 saturated carbocycles. The molecule has 4 aromatic rings. The lowest BCUT2D eigenvalue weighted by Gasteiger charge is -2.32. The van der Waals surface area contributed by atoms with E-state index in [4.69, 9.17) is 9.31 Å². The summed E-state index contributed by atoms with van der Waals surface area (Å²) in [5.41, 5.74) is 3.47. The van der Waals surface area contributed by atoms with Gasteiger partial charge in [-0.1, -0.05) is 48.5 Å². The van der Waals surface area contributed by atoms with Crippen molar-refractivity contribution in [2.45, 2.75) is 76.7 Å². The van der Waals surface area contributed by atoms with Gasteiger partial charge in [0.25, 0.3) is 0 Å². The zero-order chi connectivity index (χ0) is 29.9. The number of benzene rings is 2. The number of aromatic nitrogens is 6. The van der Waals surface area contributed by atoms with Gasteiger partial charge in [0.1, 0.15) is 22.9 Å². The lowest BCUT2D eigenvalue weighted by Crippen LogP contribution is -2.41. The molecule has 7 rings (SSSR count). The van der Waals surface area contributed by atoms with E-state index in [9.17, 15) is 9.59 Å². The molecule has 0 N–H and O–H groups in total. The van der Waals surface area contributed by atoms with Crippen LogP contribution in [0.2, 0.25) is 0 Å². The van der Waals surface area contributed by atoms with Gasteiger partial charge in [0.2, 0.25) is 0 Å². The molecule has 218 valence electrons. The van der Waals surface area contributed by atoms with Crippen molar-refractivity contribution < 1.29 is 18.9 Å². The summed E-state index contributed by atoms with van der Waals surface area (Å²) < 4.78 is 12.7. The first kappa shape index (κ1) is 30.0. The fourth-order valence-electron chi connectivity index (χ4n) is 4.07. The Morgan fingerprint density at radius 1 is 0.762 bits per heavy atom. The lowest BCUT2D eigenvalue weighted by molar-refractivity contribution is 0.00578. The van der Waals surface area contributed by atoms with Crippen LogP contribution in [0.3, 0.4) is 0 Å². The minimum absolute atomic E-state index is 0.332. The number of rotatable bonds is 6. The van der Waals surface area contributed by atoms with Crippen LogP contribution in [0.4, 0.5) is 0 Å². The molecule has 2 aromatic carbocycles. The molecule has 0 bridgehead atoms. The van der Waals surface area contributed by atoms with Crippen molar-refractivity contribution in [1.29, 1.82) is 0 Å². The second-order valence-corrected chi connectivity index (χ2v) is 12.4. The molecule has 1 saturated heterocycles. The number of hydrogen-bond donors (Lipinski definition) is 0. The maximum Gasteiger partial charge on any atom is 0.494 e. The fourth-order valence-corrected chi connectivity index (χ4v) is 4.32. The second kappa shape index (κ2) is 12.4. The normalized spacial score (nSPS) is 18.4. The SMILES string of the molecule is Brc1cnn(C2CC2)n1.CC1(C)OB(c2ccc(C=O)cc2)OC1(C)C.O=Cc1ccc(-c2cnn(C3CC3)n2)cc1. The first-order chi connectivity index (χ1) is 20.1. The van der Waals surface area contributed by atoms with Gasteiger partial charge < -0.3 is 9.31 Å². The number of carbonyl (C=O) groups excluding carboxylic acids is 2. The summed E-state index contributed by atoms with van der Waals surface area (Å²) in [5.74, 6) is 0. The molecule has 3 aliphatic rings. The molecule has 3 heterocycles. The van der Waals surface area contributed by atoms with E-state index in [-0.39, 0.29) is 18.3 Å². The summed E-state index contributed by atoms with van der Waals surface area (Å²) in [7, 11) is -0.360. The Kier molecular flexibility index (Phi) is 8.86. The molecule has 0 radical (unpaired) electrons. The molecule has 12 heteroatoms. The van der Waals surface area contributed by atoms with Gasteiger partial charge in [0.15, 0.2) is 0 Å². The van der Waals surface area contributed by atoms with Gasteiger partial charge in [-0.25, -0.2) is 0 Å². The summed E-state index contributed by atoms with van der Waals surface area (Å²) in [5, 5.41) is 16.8. The molecule has 1 aliphatic heterocycles. The number of hydrogen-bond acceptors (Lipinski definition) is 8. The van der Waals surface area contributed by atoms with Crippen molar-refractivity contribution in [3.05, 3.63) is 76.7 Å². The van der Waals surface area contributed by atoms with Crippen LogP contribution in [0.1, 0.15) is 86.2 Å². The van der Waals surface area contributed by atoms with Crippen molar-refractivity contribution in [3.63, 3.8) is 0 Å². The Hall–Kier alpha value is -3.48. The van der Waals surface area contributed by atoms with Crippen LogP contribution in [0, 0.1) is 0 Å². The van der Waals surface area contributed by atoms with E-state index >= 15 is 0 Å². The number of aldehydes is 2. The van der Waals surface area contributed by atoms with Gasteiger partial charge in [-0.3, -0.25) is 9.59 Å². The molecular weight excluding hydrogens is 599 g/mol. The standard InChI is InChI=1S/C13H17BO3.C12H11N3O.C5H6BrN3/c1-12(2)13(3,4)17-14(16-12)11-7-5-10(9-15)6-8-11;16-8-9-1-3-10(4-2-9)12-7-13-15(14-12)11-5-6-11;6-5-3-7-9(8-5)4-1-2-4/h5-9H,1-4H3;1-4,7-8,11H,5-6H2;3-4H,1-2H2. The third kappa shape index (κ3) is 7.29. The molecule has 10 nitrogen and oxygen atoms in total.